The molecule has 13 heavy (non-hydrogen) atoms. The van der Waals surface area contributed by atoms with Crippen LogP contribution in [0.25, 0.3) is 0 Å². The van der Waals surface area contributed by atoms with Gasteiger partial charge in [0.2, 0.25) is 0 Å². The number of aliphatic hydroxyl groups is 1. The number of nitrogens with two attached hydrogens (primary N) is 1. The van der Waals surface area contributed by atoms with E-state index in [1.54, 1.807) is 0 Å². The lowest BCUT2D eigenvalue weighted by Gasteiger charge is -2.46. The number of aliphatic hydroxyl groups excluding tert-OH is 1. The monoisotopic (exact) mass is 181 g/mol. The van der Waals surface area contributed by atoms with Gasteiger partial charge < -0.3 is 10.8 Å². The van der Waals surface area contributed by atoms with E-state index < -0.39 is 0 Å². The average molecular weight is 181 g/mol. The normalized spacial score (nSPS) is 59.5. The van der Waals surface area contributed by atoms with Gasteiger partial charge in [0, 0.05) is 5.54 Å². The maximum atomic E-state index is 9.96. The number of rotatable bonds is 0. The molecule has 5 atom stereocenters. The zero-order chi connectivity index (χ0) is 9.05. The van der Waals surface area contributed by atoms with Crippen molar-refractivity contribution in [3.8, 4) is 0 Å². The molecule has 0 aromatic rings. The highest BCUT2D eigenvalue weighted by molar-refractivity contribution is 5.04. The lowest BCUT2D eigenvalue weighted by Crippen LogP contribution is -2.50. The van der Waals surface area contributed by atoms with Crippen molar-refractivity contribution in [3.63, 3.8) is 0 Å². The third kappa shape index (κ3) is 1.23. The molecule has 0 radical (unpaired) electrons. The summed E-state index contributed by atoms with van der Waals surface area (Å²) in [6.07, 6.45) is 7.06. The van der Waals surface area contributed by atoms with E-state index in [1.165, 1.54) is 25.7 Å². The van der Waals surface area contributed by atoms with Crippen LogP contribution >= 0.6 is 0 Å². The lowest BCUT2D eigenvalue weighted by atomic mass is 9.63. The van der Waals surface area contributed by atoms with Crippen molar-refractivity contribution >= 4 is 0 Å². The Kier molecular flexibility index (Phi) is 1.58. The zero-order valence-corrected chi connectivity index (χ0v) is 8.08. The molecular weight excluding hydrogens is 162 g/mol. The fourth-order valence-corrected chi connectivity index (χ4v) is 4.26. The molecule has 0 unspecified atom stereocenters. The van der Waals surface area contributed by atoms with Gasteiger partial charge in [0.05, 0.1) is 6.10 Å². The second kappa shape index (κ2) is 2.48. The van der Waals surface area contributed by atoms with Gasteiger partial charge in [-0.25, -0.2) is 0 Å². The van der Waals surface area contributed by atoms with Crippen LogP contribution in [0.4, 0.5) is 0 Å². The minimum atomic E-state index is -0.0410. The summed E-state index contributed by atoms with van der Waals surface area (Å²) < 4.78 is 0. The van der Waals surface area contributed by atoms with Crippen LogP contribution in [0.5, 0.6) is 0 Å². The molecule has 74 valence electrons. The van der Waals surface area contributed by atoms with Gasteiger partial charge in [-0.3, -0.25) is 0 Å². The highest BCUT2D eigenvalue weighted by atomic mass is 16.3. The molecule has 0 amide bonds. The Morgan fingerprint density at radius 1 is 1.00 bits per heavy atom. The number of hydrogen-bond donors (Lipinski definition) is 2. The van der Waals surface area contributed by atoms with Crippen LogP contribution in [0.1, 0.15) is 38.5 Å². The molecule has 2 heteroatoms. The van der Waals surface area contributed by atoms with Gasteiger partial charge in [0.1, 0.15) is 0 Å². The van der Waals surface area contributed by atoms with Gasteiger partial charge in [0.15, 0.2) is 0 Å². The molecule has 0 heterocycles. The summed E-state index contributed by atoms with van der Waals surface area (Å²) in [7, 11) is 0. The quantitative estimate of drug-likeness (QED) is 0.591. The van der Waals surface area contributed by atoms with Crippen molar-refractivity contribution in [2.45, 2.75) is 50.2 Å². The van der Waals surface area contributed by atoms with Gasteiger partial charge in [-0.05, 0) is 56.3 Å². The molecule has 4 saturated carbocycles. The standard InChI is InChI=1S/C11H19NO/c12-11-4-7-1-8(5-11)3-10(13)9(2-7)6-11/h7-10,13H,1-6,12H2/t7-,8+,9+,10+,11-/m1/s1. The highest BCUT2D eigenvalue weighted by Gasteiger charge is 2.49. The number of hydrogen-bond acceptors (Lipinski definition) is 2. The number of fused-ring (bicyclic) bond motifs is 1. The molecule has 0 saturated heterocycles. The van der Waals surface area contributed by atoms with Crippen LogP contribution in [0.2, 0.25) is 0 Å². The SMILES string of the molecule is N[C@@]12C[C@@H]3C[C@@H](C[C@H](O)[C@@H](C3)C1)C2. The van der Waals surface area contributed by atoms with Crippen molar-refractivity contribution in [2.75, 3.05) is 0 Å². The first kappa shape index (κ1) is 8.25. The summed E-state index contributed by atoms with van der Waals surface area (Å²) in [5.41, 5.74) is 6.48. The topological polar surface area (TPSA) is 46.2 Å². The largest absolute Gasteiger partial charge is 0.393 e. The molecule has 0 spiro atoms. The summed E-state index contributed by atoms with van der Waals surface area (Å²) >= 11 is 0. The Hall–Kier alpha value is -0.0800. The smallest absolute Gasteiger partial charge is 0.0571 e. The van der Waals surface area contributed by atoms with E-state index in [2.05, 4.69) is 0 Å². The van der Waals surface area contributed by atoms with Crippen molar-refractivity contribution in [1.82, 2.24) is 0 Å². The van der Waals surface area contributed by atoms with Gasteiger partial charge >= 0.3 is 0 Å². The third-order valence-electron chi connectivity index (χ3n) is 4.48. The maximum Gasteiger partial charge on any atom is 0.0571 e. The first-order chi connectivity index (χ1) is 6.15. The van der Waals surface area contributed by atoms with E-state index in [0.29, 0.717) is 5.92 Å². The van der Waals surface area contributed by atoms with E-state index in [9.17, 15) is 5.11 Å². The van der Waals surface area contributed by atoms with Crippen molar-refractivity contribution in [2.24, 2.45) is 23.5 Å². The zero-order valence-electron chi connectivity index (χ0n) is 8.08. The van der Waals surface area contributed by atoms with Crippen molar-refractivity contribution in [3.05, 3.63) is 0 Å². The van der Waals surface area contributed by atoms with Crippen LogP contribution in [0.3, 0.4) is 0 Å². The summed E-state index contributed by atoms with van der Waals surface area (Å²) in [5, 5.41) is 9.96. The van der Waals surface area contributed by atoms with Crippen LogP contribution in [-0.2, 0) is 0 Å². The molecule has 0 aromatic carbocycles. The molecule has 4 aliphatic rings. The first-order valence-electron chi connectivity index (χ1n) is 5.62. The third-order valence-corrected chi connectivity index (χ3v) is 4.48. The molecule has 4 rings (SSSR count). The van der Waals surface area contributed by atoms with Gasteiger partial charge in [-0.2, -0.15) is 0 Å². The van der Waals surface area contributed by atoms with Crippen LogP contribution in [0, 0.1) is 17.8 Å². The predicted molar refractivity (Wildman–Crippen MR) is 51.1 cm³/mol. The molecule has 2 nitrogen and oxygen atoms in total. The molecule has 4 fully saturated rings. The summed E-state index contributed by atoms with van der Waals surface area (Å²) in [6, 6.07) is 0. The Morgan fingerprint density at radius 2 is 1.69 bits per heavy atom. The minimum Gasteiger partial charge on any atom is -0.393 e. The molecule has 4 aliphatic carbocycles. The second-order valence-electron chi connectivity index (χ2n) is 5.74. The van der Waals surface area contributed by atoms with E-state index in [-0.39, 0.29) is 11.6 Å². The second-order valence-corrected chi connectivity index (χ2v) is 5.74. The Morgan fingerprint density at radius 3 is 2.38 bits per heavy atom. The van der Waals surface area contributed by atoms with Crippen LogP contribution in [0.15, 0.2) is 0 Å². The summed E-state index contributed by atoms with van der Waals surface area (Å²) in [6.45, 7) is 0. The predicted octanol–water partition coefficient (Wildman–Crippen LogP) is 1.27. The van der Waals surface area contributed by atoms with E-state index in [0.717, 1.165) is 24.7 Å². The van der Waals surface area contributed by atoms with E-state index in [1.807, 2.05) is 0 Å². The molecule has 0 aromatic heterocycles. The van der Waals surface area contributed by atoms with Crippen LogP contribution in [-0.4, -0.2) is 16.7 Å². The summed E-state index contributed by atoms with van der Waals surface area (Å²) in [5.74, 6) is 2.09. The van der Waals surface area contributed by atoms with E-state index in [4.69, 9.17) is 5.73 Å². The Labute approximate surface area is 79.5 Å². The summed E-state index contributed by atoms with van der Waals surface area (Å²) in [4.78, 5) is 0. The lowest BCUT2D eigenvalue weighted by molar-refractivity contribution is 0.0575. The maximum absolute atomic E-state index is 9.96. The Balaban J connectivity index is 1.95. The van der Waals surface area contributed by atoms with Gasteiger partial charge in [0.25, 0.3) is 0 Å². The first-order valence-corrected chi connectivity index (χ1v) is 5.62. The molecule has 3 N–H and O–H groups in total. The highest BCUT2D eigenvalue weighted by Crippen LogP contribution is 2.52. The van der Waals surface area contributed by atoms with Gasteiger partial charge in [-0.15, -0.1) is 0 Å². The molecule has 0 aliphatic heterocycles. The fraction of sp³-hybridized carbons (Fsp3) is 1.00. The van der Waals surface area contributed by atoms with Crippen molar-refractivity contribution in [1.29, 1.82) is 0 Å². The molecular formula is C11H19NO. The van der Waals surface area contributed by atoms with Gasteiger partial charge in [-0.1, -0.05) is 0 Å². The van der Waals surface area contributed by atoms with E-state index >= 15 is 0 Å². The van der Waals surface area contributed by atoms with Crippen molar-refractivity contribution < 1.29 is 5.11 Å². The van der Waals surface area contributed by atoms with Crippen LogP contribution < -0.4 is 5.73 Å². The fourth-order valence-electron chi connectivity index (χ4n) is 4.26. The minimum absolute atomic E-state index is 0.0410. The Bertz CT molecular complexity index is 230. The average Bonchev–Trinajstić information content (AvgIpc) is 2.12. The molecule has 4 bridgehead atoms.